The molecule has 2 aromatic heterocycles. The summed E-state index contributed by atoms with van der Waals surface area (Å²) in [6.45, 7) is 4.74. The quantitative estimate of drug-likeness (QED) is 0.777. The number of imidazole rings is 1. The number of ether oxygens (including phenoxy) is 1. The molecule has 2 aromatic rings. The molecule has 2 aliphatic heterocycles. The van der Waals surface area contributed by atoms with E-state index in [0.717, 1.165) is 49.0 Å². The highest BCUT2D eigenvalue weighted by molar-refractivity contribution is 7.80. The smallest absolute Gasteiger partial charge is 0.211 e. The van der Waals surface area contributed by atoms with Gasteiger partial charge in [-0.25, -0.2) is 9.97 Å². The first kappa shape index (κ1) is 14.3. The molecule has 0 amide bonds. The van der Waals surface area contributed by atoms with Gasteiger partial charge in [-0.15, -0.1) is 12.6 Å². The Bertz CT molecular complexity index is 694. The van der Waals surface area contributed by atoms with Crippen molar-refractivity contribution in [2.75, 3.05) is 24.6 Å². The van der Waals surface area contributed by atoms with E-state index in [1.54, 1.807) is 12.4 Å². The van der Waals surface area contributed by atoms with Crippen molar-refractivity contribution in [3.05, 3.63) is 18.6 Å². The van der Waals surface area contributed by atoms with Crippen molar-refractivity contribution < 1.29 is 4.74 Å². The number of thiol groups is 1. The minimum Gasteiger partial charge on any atom is -0.376 e. The van der Waals surface area contributed by atoms with Crippen molar-refractivity contribution in [2.45, 2.75) is 36.8 Å². The van der Waals surface area contributed by atoms with Gasteiger partial charge in [0.05, 0.1) is 17.6 Å². The molecular formula is C15H21N5OS. The summed E-state index contributed by atoms with van der Waals surface area (Å²) in [5.41, 5.74) is 7.36. The molecule has 0 unspecified atom stereocenters. The number of piperidine rings is 1. The Kier molecular flexibility index (Phi) is 3.32. The van der Waals surface area contributed by atoms with Gasteiger partial charge in [-0.2, -0.15) is 0 Å². The Morgan fingerprint density at radius 1 is 1.36 bits per heavy atom. The van der Waals surface area contributed by atoms with Gasteiger partial charge in [0.2, 0.25) is 5.95 Å². The Morgan fingerprint density at radius 3 is 2.82 bits per heavy atom. The van der Waals surface area contributed by atoms with Gasteiger partial charge in [-0.05, 0) is 19.8 Å². The fourth-order valence-electron chi connectivity index (χ4n) is 3.75. The van der Waals surface area contributed by atoms with E-state index in [2.05, 4.69) is 34.4 Å². The summed E-state index contributed by atoms with van der Waals surface area (Å²) >= 11 is 4.42. The van der Waals surface area contributed by atoms with E-state index < -0.39 is 0 Å². The highest BCUT2D eigenvalue weighted by Crippen LogP contribution is 2.41. The van der Waals surface area contributed by atoms with Gasteiger partial charge in [-0.1, -0.05) is 0 Å². The van der Waals surface area contributed by atoms with Gasteiger partial charge in [0.1, 0.15) is 0 Å². The Hall–Kier alpha value is -1.31. The monoisotopic (exact) mass is 319 g/mol. The van der Waals surface area contributed by atoms with E-state index >= 15 is 0 Å². The minimum atomic E-state index is 0.132. The number of nitrogens with two attached hydrogens (primary N) is 1. The van der Waals surface area contributed by atoms with Crippen LogP contribution in [0.1, 0.15) is 19.8 Å². The van der Waals surface area contributed by atoms with Gasteiger partial charge in [0, 0.05) is 43.1 Å². The van der Waals surface area contributed by atoms with Gasteiger partial charge >= 0.3 is 0 Å². The zero-order valence-electron chi connectivity index (χ0n) is 12.6. The molecule has 4 heterocycles. The number of hydrogen-bond donors (Lipinski definition) is 2. The van der Waals surface area contributed by atoms with Crippen molar-refractivity contribution in [3.63, 3.8) is 0 Å². The highest BCUT2D eigenvalue weighted by Gasteiger charge is 2.47. The number of fused-ring (bicyclic) bond motifs is 1. The van der Waals surface area contributed by atoms with E-state index in [9.17, 15) is 0 Å². The Balaban J connectivity index is 1.59. The molecule has 2 saturated heterocycles. The fraction of sp³-hybridized carbons (Fsp3) is 0.600. The van der Waals surface area contributed by atoms with Crippen molar-refractivity contribution in [2.24, 2.45) is 11.1 Å². The summed E-state index contributed by atoms with van der Waals surface area (Å²) in [7, 11) is 0. The summed E-state index contributed by atoms with van der Waals surface area (Å²) in [6, 6.07) is 0.135. The van der Waals surface area contributed by atoms with E-state index in [1.165, 1.54) is 0 Å². The lowest BCUT2D eigenvalue weighted by atomic mass is 9.73. The summed E-state index contributed by atoms with van der Waals surface area (Å²) in [5.74, 6) is 0.931. The average molecular weight is 319 g/mol. The van der Waals surface area contributed by atoms with Crippen LogP contribution in [-0.4, -0.2) is 46.2 Å². The van der Waals surface area contributed by atoms with Crippen LogP contribution >= 0.6 is 12.6 Å². The zero-order chi connectivity index (χ0) is 15.3. The third-order valence-corrected chi connectivity index (χ3v) is 5.59. The number of anilines is 1. The third-order valence-electron chi connectivity index (χ3n) is 5.28. The number of aromatic nitrogens is 3. The lowest BCUT2D eigenvalue weighted by molar-refractivity contribution is 0.0973. The molecule has 0 aromatic carbocycles. The van der Waals surface area contributed by atoms with Crippen LogP contribution in [0.3, 0.4) is 0 Å². The number of rotatable bonds is 1. The maximum absolute atomic E-state index is 6.38. The van der Waals surface area contributed by atoms with Crippen molar-refractivity contribution >= 4 is 24.2 Å². The van der Waals surface area contributed by atoms with E-state index in [1.807, 2.05) is 10.6 Å². The molecule has 7 heteroatoms. The molecule has 118 valence electrons. The predicted octanol–water partition coefficient (Wildman–Crippen LogP) is 1.35. The topological polar surface area (TPSA) is 68.7 Å². The number of hydrogen-bond acceptors (Lipinski definition) is 6. The van der Waals surface area contributed by atoms with Crippen molar-refractivity contribution in [1.29, 1.82) is 0 Å². The molecule has 2 atom stereocenters. The van der Waals surface area contributed by atoms with Gasteiger partial charge in [0.25, 0.3) is 0 Å². The summed E-state index contributed by atoms with van der Waals surface area (Å²) in [4.78, 5) is 12.0. The summed E-state index contributed by atoms with van der Waals surface area (Å²) in [5, 5.41) is 0. The molecule has 2 aliphatic rings. The molecule has 0 radical (unpaired) electrons. The maximum atomic E-state index is 6.38. The van der Waals surface area contributed by atoms with Crippen LogP contribution in [0.2, 0.25) is 0 Å². The van der Waals surface area contributed by atoms with E-state index in [4.69, 9.17) is 10.5 Å². The lowest BCUT2D eigenvalue weighted by Gasteiger charge is -2.41. The SMILES string of the molecule is C[C@@H]1OCC2(CCN(c3ncc(S)c4nccn34)CC2)[C@@H]1N. The van der Waals surface area contributed by atoms with Gasteiger partial charge in [-0.3, -0.25) is 4.40 Å². The van der Waals surface area contributed by atoms with Gasteiger partial charge < -0.3 is 15.4 Å². The van der Waals surface area contributed by atoms with Crippen LogP contribution in [0, 0.1) is 5.41 Å². The zero-order valence-corrected chi connectivity index (χ0v) is 13.5. The van der Waals surface area contributed by atoms with Gasteiger partial charge in [0.15, 0.2) is 5.65 Å². The second-order valence-corrected chi connectivity index (χ2v) is 6.94. The molecule has 6 nitrogen and oxygen atoms in total. The lowest BCUT2D eigenvalue weighted by Crippen LogP contribution is -2.51. The number of nitrogens with zero attached hydrogens (tertiary/aromatic N) is 4. The molecule has 22 heavy (non-hydrogen) atoms. The molecule has 2 fully saturated rings. The first-order valence-electron chi connectivity index (χ1n) is 7.74. The Morgan fingerprint density at radius 2 is 2.14 bits per heavy atom. The summed E-state index contributed by atoms with van der Waals surface area (Å²) < 4.78 is 7.80. The molecule has 0 bridgehead atoms. The molecule has 0 aliphatic carbocycles. The average Bonchev–Trinajstić information content (AvgIpc) is 3.12. The van der Waals surface area contributed by atoms with E-state index in [-0.39, 0.29) is 17.6 Å². The second-order valence-electron chi connectivity index (χ2n) is 6.46. The first-order valence-corrected chi connectivity index (χ1v) is 8.19. The molecule has 4 rings (SSSR count). The molecule has 0 saturated carbocycles. The molecule has 2 N–H and O–H groups in total. The Labute approximate surface area is 135 Å². The second kappa shape index (κ2) is 5.11. The highest BCUT2D eigenvalue weighted by atomic mass is 32.1. The van der Waals surface area contributed by atoms with Crippen molar-refractivity contribution in [1.82, 2.24) is 14.4 Å². The van der Waals surface area contributed by atoms with Crippen LogP contribution in [-0.2, 0) is 4.74 Å². The standard InChI is InChI=1S/C15H21N5OS/c1-10-12(16)15(9-21-10)2-5-19(6-3-15)14-18-8-11(22)13-17-4-7-20(13)14/h4,7-8,10,12,22H,2-3,5-6,9,16H2,1H3/t10-,12+/m0/s1. The van der Waals surface area contributed by atoms with Crippen LogP contribution in [0.5, 0.6) is 0 Å². The maximum Gasteiger partial charge on any atom is 0.211 e. The molecular weight excluding hydrogens is 298 g/mol. The van der Waals surface area contributed by atoms with Crippen LogP contribution in [0.4, 0.5) is 5.95 Å². The largest absolute Gasteiger partial charge is 0.376 e. The predicted molar refractivity (Wildman–Crippen MR) is 87.5 cm³/mol. The minimum absolute atomic E-state index is 0.132. The van der Waals surface area contributed by atoms with Crippen LogP contribution < -0.4 is 10.6 Å². The van der Waals surface area contributed by atoms with E-state index in [0.29, 0.717) is 0 Å². The van der Waals surface area contributed by atoms with Crippen LogP contribution in [0.15, 0.2) is 23.5 Å². The molecule has 1 spiro atoms. The third kappa shape index (κ3) is 2.03. The fourth-order valence-corrected chi connectivity index (χ4v) is 3.98. The van der Waals surface area contributed by atoms with Crippen LogP contribution in [0.25, 0.3) is 5.65 Å². The summed E-state index contributed by atoms with van der Waals surface area (Å²) in [6.07, 6.45) is 7.74. The normalized spacial score (nSPS) is 27.9. The van der Waals surface area contributed by atoms with Crippen molar-refractivity contribution in [3.8, 4) is 0 Å². The first-order chi connectivity index (χ1) is 10.6.